The molecule has 0 spiro atoms. The fraction of sp³-hybridized carbons (Fsp3) is 0.471. The van der Waals surface area contributed by atoms with E-state index in [1.165, 1.54) is 0 Å². The fourth-order valence-electron chi connectivity index (χ4n) is 3.19. The lowest BCUT2D eigenvalue weighted by Crippen LogP contribution is -2.36. The van der Waals surface area contributed by atoms with E-state index >= 15 is 0 Å². The van der Waals surface area contributed by atoms with Gasteiger partial charge < -0.3 is 11.1 Å². The van der Waals surface area contributed by atoms with Crippen molar-refractivity contribution in [1.82, 2.24) is 15.3 Å². The van der Waals surface area contributed by atoms with Crippen molar-refractivity contribution in [3.8, 4) is 11.3 Å². The molecule has 0 aliphatic heterocycles. The third kappa shape index (κ3) is 5.14. The lowest BCUT2D eigenvalue weighted by atomic mass is 9.95. The van der Waals surface area contributed by atoms with Crippen LogP contribution in [-0.2, 0) is 4.79 Å². The van der Waals surface area contributed by atoms with Gasteiger partial charge in [0.05, 0.1) is 11.7 Å². The molecule has 1 fully saturated rings. The topological polar surface area (TPSA) is 80.9 Å². The van der Waals surface area contributed by atoms with Crippen LogP contribution in [0, 0.1) is 11.8 Å². The van der Waals surface area contributed by atoms with E-state index in [0.29, 0.717) is 12.5 Å². The lowest BCUT2D eigenvalue weighted by molar-refractivity contribution is -0.126. The highest BCUT2D eigenvalue weighted by Gasteiger charge is 2.32. The standard InChI is InChI=1S/C17H22N4OS.2ClH/c1-11(20-16(22)14-4-2-3-13(14)9-18)17-21-15(10-23-17)12-5-7-19-8-6-12;;/h5-8,10-11,13-14H,2-4,9,18H2,1H3,(H,20,22);2*1H/t11?,13-,14-;;/m1../s1. The van der Waals surface area contributed by atoms with Crippen molar-refractivity contribution in [3.05, 3.63) is 34.9 Å². The molecule has 3 atom stereocenters. The van der Waals surface area contributed by atoms with Gasteiger partial charge in [0.15, 0.2) is 0 Å². The highest BCUT2D eigenvalue weighted by molar-refractivity contribution is 7.10. The van der Waals surface area contributed by atoms with Gasteiger partial charge in [0, 0.05) is 29.3 Å². The maximum Gasteiger partial charge on any atom is 0.223 e. The molecule has 25 heavy (non-hydrogen) atoms. The van der Waals surface area contributed by atoms with Crippen LogP contribution in [0.4, 0.5) is 0 Å². The summed E-state index contributed by atoms with van der Waals surface area (Å²) in [6, 6.07) is 3.79. The molecular formula is C17H24Cl2N4OS. The average molecular weight is 403 g/mol. The van der Waals surface area contributed by atoms with Crippen molar-refractivity contribution in [2.45, 2.75) is 32.2 Å². The number of pyridine rings is 1. The SMILES string of the molecule is CC(NC(=O)[C@@H]1CCC[C@@H]1CN)c1nc(-c2ccncc2)cs1.Cl.Cl. The van der Waals surface area contributed by atoms with Gasteiger partial charge in [-0.05, 0) is 44.4 Å². The molecule has 8 heteroatoms. The van der Waals surface area contributed by atoms with Crippen LogP contribution in [0.15, 0.2) is 29.9 Å². The first-order chi connectivity index (χ1) is 11.2. The Morgan fingerprint density at radius 3 is 2.76 bits per heavy atom. The maximum atomic E-state index is 12.5. The minimum atomic E-state index is -0.0814. The maximum absolute atomic E-state index is 12.5. The molecule has 138 valence electrons. The summed E-state index contributed by atoms with van der Waals surface area (Å²) in [5.74, 6) is 0.499. The molecule has 1 unspecified atom stereocenters. The first kappa shape index (κ1) is 21.8. The van der Waals surface area contributed by atoms with Crippen LogP contribution < -0.4 is 11.1 Å². The molecule has 0 aromatic carbocycles. The number of nitrogens with one attached hydrogen (secondary N) is 1. The largest absolute Gasteiger partial charge is 0.347 e. The molecule has 1 amide bonds. The van der Waals surface area contributed by atoms with Crippen LogP contribution in [0.1, 0.15) is 37.2 Å². The van der Waals surface area contributed by atoms with Crippen LogP contribution in [0.3, 0.4) is 0 Å². The van der Waals surface area contributed by atoms with E-state index in [2.05, 4.69) is 15.3 Å². The van der Waals surface area contributed by atoms with Crippen molar-refractivity contribution < 1.29 is 4.79 Å². The van der Waals surface area contributed by atoms with Crippen molar-refractivity contribution in [3.63, 3.8) is 0 Å². The minimum absolute atomic E-state index is 0. The van der Waals surface area contributed by atoms with E-state index in [9.17, 15) is 4.79 Å². The van der Waals surface area contributed by atoms with Crippen LogP contribution in [0.5, 0.6) is 0 Å². The number of hydrogen-bond acceptors (Lipinski definition) is 5. The molecule has 0 saturated heterocycles. The Hall–Kier alpha value is -1.21. The van der Waals surface area contributed by atoms with Gasteiger partial charge in [0.1, 0.15) is 5.01 Å². The zero-order chi connectivity index (χ0) is 16.2. The Morgan fingerprint density at radius 1 is 1.36 bits per heavy atom. The molecule has 2 heterocycles. The summed E-state index contributed by atoms with van der Waals surface area (Å²) in [7, 11) is 0. The Balaban J connectivity index is 0.00000156. The highest BCUT2D eigenvalue weighted by Crippen LogP contribution is 2.32. The van der Waals surface area contributed by atoms with Crippen molar-refractivity contribution in [1.29, 1.82) is 0 Å². The Morgan fingerprint density at radius 2 is 2.08 bits per heavy atom. The van der Waals surface area contributed by atoms with Gasteiger partial charge in [-0.15, -0.1) is 36.2 Å². The van der Waals surface area contributed by atoms with Crippen LogP contribution in [-0.4, -0.2) is 22.4 Å². The summed E-state index contributed by atoms with van der Waals surface area (Å²) >= 11 is 1.57. The van der Waals surface area contributed by atoms with E-state index in [0.717, 1.165) is 35.5 Å². The van der Waals surface area contributed by atoms with Crippen LogP contribution in [0.2, 0.25) is 0 Å². The molecule has 1 aliphatic rings. The van der Waals surface area contributed by atoms with Crippen molar-refractivity contribution in [2.24, 2.45) is 17.6 Å². The molecular weight excluding hydrogens is 379 g/mol. The van der Waals surface area contributed by atoms with Crippen molar-refractivity contribution in [2.75, 3.05) is 6.54 Å². The normalized spacial score (nSPS) is 20.2. The average Bonchev–Trinajstić information content (AvgIpc) is 3.24. The first-order valence-corrected chi connectivity index (χ1v) is 8.93. The minimum Gasteiger partial charge on any atom is -0.347 e. The molecule has 3 N–H and O–H groups in total. The smallest absolute Gasteiger partial charge is 0.223 e. The summed E-state index contributed by atoms with van der Waals surface area (Å²) < 4.78 is 0. The number of halogens is 2. The number of nitrogens with two attached hydrogens (primary N) is 1. The zero-order valence-electron chi connectivity index (χ0n) is 14.1. The third-order valence-electron chi connectivity index (χ3n) is 4.53. The molecule has 5 nitrogen and oxygen atoms in total. The second-order valence-electron chi connectivity index (χ2n) is 6.07. The summed E-state index contributed by atoms with van der Waals surface area (Å²) in [6.45, 7) is 2.58. The summed E-state index contributed by atoms with van der Waals surface area (Å²) in [4.78, 5) is 21.1. The Kier molecular flexibility index (Phi) is 8.79. The number of rotatable bonds is 5. The molecule has 0 bridgehead atoms. The lowest BCUT2D eigenvalue weighted by Gasteiger charge is -2.19. The van der Waals surface area contributed by atoms with E-state index in [1.807, 2.05) is 24.4 Å². The van der Waals surface area contributed by atoms with E-state index in [4.69, 9.17) is 5.73 Å². The number of carbonyl (C=O) groups excluding carboxylic acids is 1. The van der Waals surface area contributed by atoms with Gasteiger partial charge in [0.2, 0.25) is 5.91 Å². The van der Waals surface area contributed by atoms with E-state index in [1.54, 1.807) is 23.7 Å². The molecule has 2 aromatic rings. The summed E-state index contributed by atoms with van der Waals surface area (Å²) in [6.07, 6.45) is 6.62. The Bertz CT molecular complexity index is 668. The van der Waals surface area contributed by atoms with Gasteiger partial charge >= 0.3 is 0 Å². The van der Waals surface area contributed by atoms with Gasteiger partial charge in [-0.1, -0.05) is 6.42 Å². The highest BCUT2D eigenvalue weighted by atomic mass is 35.5. The second kappa shape index (κ2) is 10.1. The van der Waals surface area contributed by atoms with Gasteiger partial charge in [-0.3, -0.25) is 9.78 Å². The summed E-state index contributed by atoms with van der Waals surface area (Å²) in [5, 5.41) is 6.05. The first-order valence-electron chi connectivity index (χ1n) is 8.05. The number of thiazole rings is 1. The molecule has 1 aliphatic carbocycles. The summed E-state index contributed by atoms with van der Waals surface area (Å²) in [5.41, 5.74) is 7.74. The monoisotopic (exact) mass is 402 g/mol. The number of aromatic nitrogens is 2. The molecule has 0 radical (unpaired) electrons. The molecule has 1 saturated carbocycles. The predicted molar refractivity (Wildman–Crippen MR) is 106 cm³/mol. The molecule has 3 rings (SSSR count). The Labute approximate surface area is 164 Å². The number of amides is 1. The van der Waals surface area contributed by atoms with Gasteiger partial charge in [-0.2, -0.15) is 0 Å². The van der Waals surface area contributed by atoms with E-state index < -0.39 is 0 Å². The number of carbonyl (C=O) groups is 1. The van der Waals surface area contributed by atoms with Crippen LogP contribution in [0.25, 0.3) is 11.3 Å². The van der Waals surface area contributed by atoms with Crippen LogP contribution >= 0.6 is 36.2 Å². The number of hydrogen-bond donors (Lipinski definition) is 2. The van der Waals surface area contributed by atoms with Gasteiger partial charge in [-0.25, -0.2) is 4.98 Å². The van der Waals surface area contributed by atoms with E-state index in [-0.39, 0.29) is 42.7 Å². The number of nitrogens with zero attached hydrogens (tertiary/aromatic N) is 2. The van der Waals surface area contributed by atoms with Gasteiger partial charge in [0.25, 0.3) is 0 Å². The fourth-order valence-corrected chi connectivity index (χ4v) is 4.02. The second-order valence-corrected chi connectivity index (χ2v) is 6.96. The molecule has 2 aromatic heterocycles. The third-order valence-corrected chi connectivity index (χ3v) is 5.55. The zero-order valence-corrected chi connectivity index (χ0v) is 16.5. The quantitative estimate of drug-likeness (QED) is 0.799. The predicted octanol–water partition coefficient (Wildman–Crippen LogP) is 3.60. The van der Waals surface area contributed by atoms with Crippen molar-refractivity contribution >= 4 is 42.1 Å².